The zero-order valence-corrected chi connectivity index (χ0v) is 15.5. The van der Waals surface area contributed by atoms with Crippen LogP contribution in [0, 0.1) is 5.92 Å². The lowest BCUT2D eigenvalue weighted by Gasteiger charge is -2.16. The van der Waals surface area contributed by atoms with Gasteiger partial charge in [-0.25, -0.2) is 4.98 Å². The molecule has 1 atom stereocenters. The number of benzene rings is 1. The number of carbonyl (C=O) groups is 2. The first-order valence-corrected chi connectivity index (χ1v) is 10.1. The SMILES string of the molecule is O=C(NC(c1ccccc1)c1nccs1)c1ccc(NC(=O)C2CC2)s1. The summed E-state index contributed by atoms with van der Waals surface area (Å²) in [6, 6.07) is 13.0. The highest BCUT2D eigenvalue weighted by Crippen LogP contribution is 2.32. The molecule has 0 radical (unpaired) electrons. The normalized spacial score (nSPS) is 14.6. The second-order valence-corrected chi connectivity index (χ2v) is 8.12. The lowest BCUT2D eigenvalue weighted by atomic mass is 10.1. The fourth-order valence-corrected chi connectivity index (χ4v) is 4.13. The van der Waals surface area contributed by atoms with Gasteiger partial charge in [-0.2, -0.15) is 0 Å². The lowest BCUT2D eigenvalue weighted by Crippen LogP contribution is -2.28. The van der Waals surface area contributed by atoms with Gasteiger partial charge in [-0.1, -0.05) is 30.3 Å². The largest absolute Gasteiger partial charge is 0.338 e. The Morgan fingerprint density at radius 2 is 1.92 bits per heavy atom. The maximum Gasteiger partial charge on any atom is 0.262 e. The third kappa shape index (κ3) is 3.84. The second kappa shape index (κ2) is 7.39. The summed E-state index contributed by atoms with van der Waals surface area (Å²) in [5.74, 6) is 0.0106. The molecule has 2 heterocycles. The number of aromatic nitrogens is 1. The predicted octanol–water partition coefficient (Wildman–Crippen LogP) is 4.07. The Kier molecular flexibility index (Phi) is 4.81. The van der Waals surface area contributed by atoms with Crippen molar-refractivity contribution in [2.45, 2.75) is 18.9 Å². The molecule has 2 amide bonds. The Bertz CT molecular complexity index is 902. The maximum atomic E-state index is 12.7. The molecule has 0 spiro atoms. The minimum Gasteiger partial charge on any atom is -0.338 e. The van der Waals surface area contributed by atoms with Crippen molar-refractivity contribution in [3.63, 3.8) is 0 Å². The summed E-state index contributed by atoms with van der Waals surface area (Å²) in [4.78, 5) is 29.5. The van der Waals surface area contributed by atoms with Crippen molar-refractivity contribution in [2.24, 2.45) is 5.92 Å². The molecule has 0 bridgehead atoms. The number of thiophene rings is 1. The van der Waals surface area contributed by atoms with Gasteiger partial charge in [-0.3, -0.25) is 9.59 Å². The number of rotatable bonds is 6. The van der Waals surface area contributed by atoms with Gasteiger partial charge >= 0.3 is 0 Å². The average molecular weight is 383 g/mol. The summed E-state index contributed by atoms with van der Waals surface area (Å²) in [5, 5.41) is 9.38. The third-order valence-corrected chi connectivity index (χ3v) is 5.97. The quantitative estimate of drug-likeness (QED) is 0.674. The number of carbonyl (C=O) groups excluding carboxylic acids is 2. The highest BCUT2D eigenvalue weighted by atomic mass is 32.1. The van der Waals surface area contributed by atoms with E-state index in [2.05, 4.69) is 15.6 Å². The summed E-state index contributed by atoms with van der Waals surface area (Å²) in [7, 11) is 0. The number of nitrogens with one attached hydrogen (secondary N) is 2. The Balaban J connectivity index is 1.50. The molecule has 0 saturated heterocycles. The smallest absolute Gasteiger partial charge is 0.262 e. The first-order valence-electron chi connectivity index (χ1n) is 8.36. The van der Waals surface area contributed by atoms with E-state index in [0.717, 1.165) is 23.4 Å². The molecule has 1 unspecified atom stereocenters. The van der Waals surface area contributed by atoms with Gasteiger partial charge in [0.25, 0.3) is 5.91 Å². The highest BCUT2D eigenvalue weighted by Gasteiger charge is 2.30. The summed E-state index contributed by atoms with van der Waals surface area (Å²) < 4.78 is 0. The van der Waals surface area contributed by atoms with Gasteiger partial charge in [-0.05, 0) is 30.5 Å². The van der Waals surface area contributed by atoms with Gasteiger partial charge < -0.3 is 10.6 Å². The Morgan fingerprint density at radius 1 is 1.12 bits per heavy atom. The molecule has 2 N–H and O–H groups in total. The molecular weight excluding hydrogens is 366 g/mol. The molecule has 1 fully saturated rings. The van der Waals surface area contributed by atoms with E-state index in [1.807, 2.05) is 35.7 Å². The number of nitrogens with zero attached hydrogens (tertiary/aromatic N) is 1. The van der Waals surface area contributed by atoms with E-state index >= 15 is 0 Å². The Labute approximate surface area is 159 Å². The first-order chi connectivity index (χ1) is 12.7. The molecule has 4 rings (SSSR count). The zero-order chi connectivity index (χ0) is 17.9. The molecule has 1 aliphatic rings. The molecule has 7 heteroatoms. The zero-order valence-electron chi connectivity index (χ0n) is 13.8. The van der Waals surface area contributed by atoms with Gasteiger partial charge in [0, 0.05) is 17.5 Å². The molecule has 5 nitrogen and oxygen atoms in total. The standard InChI is InChI=1S/C19H17N3O2S2/c23-17(13-6-7-13)21-15-9-8-14(26-15)18(24)22-16(19-20-10-11-25-19)12-4-2-1-3-5-12/h1-5,8-11,13,16H,6-7H2,(H,21,23)(H,22,24). The van der Waals surface area contributed by atoms with Gasteiger partial charge in [-0.15, -0.1) is 22.7 Å². The van der Waals surface area contributed by atoms with Crippen LogP contribution in [0.25, 0.3) is 0 Å². The van der Waals surface area contributed by atoms with Crippen LogP contribution in [0.1, 0.15) is 39.1 Å². The Hall–Kier alpha value is -2.51. The van der Waals surface area contributed by atoms with Crippen molar-refractivity contribution in [3.8, 4) is 0 Å². The molecule has 132 valence electrons. The van der Waals surface area contributed by atoms with Crippen molar-refractivity contribution >= 4 is 39.5 Å². The lowest BCUT2D eigenvalue weighted by molar-refractivity contribution is -0.117. The van der Waals surface area contributed by atoms with E-state index in [0.29, 0.717) is 9.88 Å². The van der Waals surface area contributed by atoms with Crippen LogP contribution < -0.4 is 10.6 Å². The van der Waals surface area contributed by atoms with Crippen LogP contribution in [0.2, 0.25) is 0 Å². The van der Waals surface area contributed by atoms with E-state index in [9.17, 15) is 9.59 Å². The van der Waals surface area contributed by atoms with Crippen molar-refractivity contribution in [3.05, 3.63) is 69.5 Å². The fourth-order valence-electron chi connectivity index (χ4n) is 2.61. The van der Waals surface area contributed by atoms with Crippen LogP contribution in [-0.4, -0.2) is 16.8 Å². The van der Waals surface area contributed by atoms with Gasteiger partial charge in [0.15, 0.2) is 0 Å². The molecule has 1 aromatic carbocycles. The van der Waals surface area contributed by atoms with Crippen LogP contribution in [0.5, 0.6) is 0 Å². The fraction of sp³-hybridized carbons (Fsp3) is 0.211. The number of thiazole rings is 1. The molecule has 1 aliphatic carbocycles. The van der Waals surface area contributed by atoms with Crippen molar-refractivity contribution in [2.75, 3.05) is 5.32 Å². The summed E-state index contributed by atoms with van der Waals surface area (Å²) in [6.07, 6.45) is 3.65. The second-order valence-electron chi connectivity index (χ2n) is 6.11. The maximum absolute atomic E-state index is 12.7. The monoisotopic (exact) mass is 383 g/mol. The van der Waals surface area contributed by atoms with E-state index < -0.39 is 0 Å². The van der Waals surface area contributed by atoms with Gasteiger partial charge in [0.2, 0.25) is 5.91 Å². The van der Waals surface area contributed by atoms with Crippen LogP contribution in [0.3, 0.4) is 0 Å². The molecule has 3 aromatic rings. The summed E-state index contributed by atoms with van der Waals surface area (Å²) in [5.41, 5.74) is 0.981. The minimum absolute atomic E-state index is 0.0451. The minimum atomic E-state index is -0.296. The average Bonchev–Trinajstić information content (AvgIpc) is 3.17. The van der Waals surface area contributed by atoms with Crippen LogP contribution in [0.4, 0.5) is 5.00 Å². The molecule has 0 aliphatic heterocycles. The molecule has 26 heavy (non-hydrogen) atoms. The topological polar surface area (TPSA) is 71.1 Å². The van der Waals surface area contributed by atoms with Crippen LogP contribution >= 0.6 is 22.7 Å². The number of hydrogen-bond donors (Lipinski definition) is 2. The highest BCUT2D eigenvalue weighted by molar-refractivity contribution is 7.18. The predicted molar refractivity (Wildman–Crippen MR) is 104 cm³/mol. The van der Waals surface area contributed by atoms with Crippen molar-refractivity contribution in [1.29, 1.82) is 0 Å². The summed E-state index contributed by atoms with van der Waals surface area (Å²) >= 11 is 2.80. The third-order valence-electron chi connectivity index (χ3n) is 4.13. The van der Waals surface area contributed by atoms with Crippen molar-refractivity contribution in [1.82, 2.24) is 10.3 Å². The molecule has 2 aromatic heterocycles. The Morgan fingerprint density at radius 3 is 2.62 bits per heavy atom. The van der Waals surface area contributed by atoms with E-state index in [1.165, 1.54) is 22.7 Å². The van der Waals surface area contributed by atoms with Gasteiger partial charge in [0.1, 0.15) is 11.0 Å². The molecular formula is C19H17N3O2S2. The van der Waals surface area contributed by atoms with Crippen molar-refractivity contribution < 1.29 is 9.59 Å². The van der Waals surface area contributed by atoms with E-state index in [1.54, 1.807) is 18.3 Å². The van der Waals surface area contributed by atoms with Crippen LogP contribution in [-0.2, 0) is 4.79 Å². The van der Waals surface area contributed by atoms with E-state index in [-0.39, 0.29) is 23.8 Å². The summed E-state index contributed by atoms with van der Waals surface area (Å²) in [6.45, 7) is 0. The number of anilines is 1. The molecule has 1 saturated carbocycles. The van der Waals surface area contributed by atoms with Crippen LogP contribution in [0.15, 0.2) is 54.0 Å². The number of amides is 2. The first kappa shape index (κ1) is 16.9. The number of hydrogen-bond acceptors (Lipinski definition) is 5. The van der Waals surface area contributed by atoms with Gasteiger partial charge in [0.05, 0.1) is 9.88 Å². The van der Waals surface area contributed by atoms with E-state index in [4.69, 9.17) is 0 Å².